The third kappa shape index (κ3) is 2.96. The van der Waals surface area contributed by atoms with Gasteiger partial charge in [-0.3, -0.25) is 4.79 Å². The van der Waals surface area contributed by atoms with Crippen molar-refractivity contribution in [1.29, 1.82) is 0 Å². The number of aromatic nitrogens is 2. The third-order valence-corrected chi connectivity index (χ3v) is 2.00. The quantitative estimate of drug-likeness (QED) is 0.754. The van der Waals surface area contributed by atoms with Gasteiger partial charge in [-0.1, -0.05) is 13.3 Å². The summed E-state index contributed by atoms with van der Waals surface area (Å²) < 4.78 is 1.54. The molecule has 0 aliphatic rings. The van der Waals surface area contributed by atoms with E-state index in [2.05, 4.69) is 17.3 Å². The first-order valence-corrected chi connectivity index (χ1v) is 4.99. The van der Waals surface area contributed by atoms with Gasteiger partial charge < -0.3 is 5.32 Å². The zero-order valence-corrected chi connectivity index (χ0v) is 8.79. The number of unbranched alkanes of at least 4 members (excludes halogenated alkanes) is 1. The molecule has 0 radical (unpaired) electrons. The molecule has 0 aromatic carbocycles. The fourth-order valence-electron chi connectivity index (χ4n) is 1.23. The first-order valence-electron chi connectivity index (χ1n) is 4.99. The van der Waals surface area contributed by atoms with Gasteiger partial charge in [0.15, 0.2) is 0 Å². The van der Waals surface area contributed by atoms with Gasteiger partial charge in [-0.2, -0.15) is 5.10 Å². The van der Waals surface area contributed by atoms with Crippen LogP contribution >= 0.6 is 0 Å². The van der Waals surface area contributed by atoms with E-state index in [4.69, 9.17) is 0 Å². The standard InChI is InChI=1S/C10H17N3O/c1-3-4-7-13-10(14)6-5-9(12-13)8-11-2/h5-6,11H,3-4,7-8H2,1-2H3. The number of nitrogens with zero attached hydrogens (tertiary/aromatic N) is 2. The Morgan fingerprint density at radius 2 is 2.29 bits per heavy atom. The van der Waals surface area contributed by atoms with E-state index in [0.29, 0.717) is 13.1 Å². The first-order chi connectivity index (χ1) is 6.77. The van der Waals surface area contributed by atoms with Gasteiger partial charge in [0.25, 0.3) is 5.56 Å². The second kappa shape index (κ2) is 5.54. The molecule has 0 amide bonds. The second-order valence-corrected chi connectivity index (χ2v) is 3.27. The molecule has 0 saturated heterocycles. The highest BCUT2D eigenvalue weighted by molar-refractivity contribution is 4.99. The Morgan fingerprint density at radius 1 is 1.50 bits per heavy atom. The molecule has 1 aromatic rings. The maximum atomic E-state index is 11.4. The van der Waals surface area contributed by atoms with Gasteiger partial charge in [0.2, 0.25) is 0 Å². The molecule has 0 aliphatic heterocycles. The van der Waals surface area contributed by atoms with Crippen LogP contribution in [-0.2, 0) is 13.1 Å². The predicted octanol–water partition coefficient (Wildman–Crippen LogP) is 0.763. The SMILES string of the molecule is CCCCn1nc(CNC)ccc1=O. The molecule has 1 heterocycles. The lowest BCUT2D eigenvalue weighted by Crippen LogP contribution is -2.24. The van der Waals surface area contributed by atoms with Crippen LogP contribution in [0.15, 0.2) is 16.9 Å². The van der Waals surface area contributed by atoms with Crippen molar-refractivity contribution in [1.82, 2.24) is 15.1 Å². The molecule has 0 aliphatic carbocycles. The first kappa shape index (κ1) is 10.9. The fraction of sp³-hybridized carbons (Fsp3) is 0.600. The van der Waals surface area contributed by atoms with Gasteiger partial charge in [0.05, 0.1) is 5.69 Å². The van der Waals surface area contributed by atoms with Crippen LogP contribution in [0.5, 0.6) is 0 Å². The molecule has 0 bridgehead atoms. The summed E-state index contributed by atoms with van der Waals surface area (Å²) in [5.41, 5.74) is 0.890. The summed E-state index contributed by atoms with van der Waals surface area (Å²) in [5, 5.41) is 7.25. The Morgan fingerprint density at radius 3 is 2.93 bits per heavy atom. The summed E-state index contributed by atoms with van der Waals surface area (Å²) in [7, 11) is 1.86. The zero-order valence-electron chi connectivity index (χ0n) is 8.79. The normalized spacial score (nSPS) is 10.4. The molecule has 0 unspecified atom stereocenters. The summed E-state index contributed by atoms with van der Waals surface area (Å²) in [6.45, 7) is 3.52. The van der Waals surface area contributed by atoms with Crippen LogP contribution in [0.25, 0.3) is 0 Å². The van der Waals surface area contributed by atoms with E-state index in [1.54, 1.807) is 12.1 Å². The highest BCUT2D eigenvalue weighted by Crippen LogP contribution is 1.92. The Bertz CT molecular complexity index is 332. The van der Waals surface area contributed by atoms with Crippen LogP contribution in [0, 0.1) is 0 Å². The Balaban J connectivity index is 2.79. The van der Waals surface area contributed by atoms with E-state index in [0.717, 1.165) is 18.5 Å². The van der Waals surface area contributed by atoms with Crippen molar-refractivity contribution in [2.75, 3.05) is 7.05 Å². The number of hydrogen-bond acceptors (Lipinski definition) is 3. The molecule has 0 spiro atoms. The minimum atomic E-state index is -0.0155. The van der Waals surface area contributed by atoms with Gasteiger partial charge in [0, 0.05) is 19.2 Å². The lowest BCUT2D eigenvalue weighted by molar-refractivity contribution is 0.528. The summed E-state index contributed by atoms with van der Waals surface area (Å²) in [6.07, 6.45) is 2.07. The van der Waals surface area contributed by atoms with E-state index in [-0.39, 0.29) is 5.56 Å². The van der Waals surface area contributed by atoms with Crippen LogP contribution in [0.2, 0.25) is 0 Å². The Hall–Kier alpha value is -1.16. The minimum Gasteiger partial charge on any atom is -0.314 e. The van der Waals surface area contributed by atoms with Gasteiger partial charge in [0.1, 0.15) is 0 Å². The molecule has 0 saturated carbocycles. The molecule has 4 heteroatoms. The monoisotopic (exact) mass is 195 g/mol. The molecule has 0 atom stereocenters. The van der Waals surface area contributed by atoms with Gasteiger partial charge >= 0.3 is 0 Å². The molecule has 78 valence electrons. The molecule has 4 nitrogen and oxygen atoms in total. The van der Waals surface area contributed by atoms with E-state index in [1.807, 2.05) is 7.05 Å². The van der Waals surface area contributed by atoms with Crippen molar-refractivity contribution in [2.45, 2.75) is 32.9 Å². The lowest BCUT2D eigenvalue weighted by Gasteiger charge is -2.05. The molecule has 0 fully saturated rings. The summed E-state index contributed by atoms with van der Waals surface area (Å²) >= 11 is 0. The van der Waals surface area contributed by atoms with E-state index in [9.17, 15) is 4.79 Å². The average Bonchev–Trinajstić information content (AvgIpc) is 2.19. The maximum absolute atomic E-state index is 11.4. The molecule has 1 rings (SSSR count). The summed E-state index contributed by atoms with van der Waals surface area (Å²) in [6, 6.07) is 3.34. The topological polar surface area (TPSA) is 46.9 Å². The Kier molecular flexibility index (Phi) is 4.32. The molecule has 1 N–H and O–H groups in total. The lowest BCUT2D eigenvalue weighted by atomic mass is 10.3. The van der Waals surface area contributed by atoms with Crippen LogP contribution in [-0.4, -0.2) is 16.8 Å². The van der Waals surface area contributed by atoms with Crippen molar-refractivity contribution in [3.63, 3.8) is 0 Å². The fourth-order valence-corrected chi connectivity index (χ4v) is 1.23. The molecular formula is C10H17N3O. The van der Waals surface area contributed by atoms with Crippen LogP contribution in [0.4, 0.5) is 0 Å². The maximum Gasteiger partial charge on any atom is 0.266 e. The van der Waals surface area contributed by atoms with Crippen molar-refractivity contribution in [3.05, 3.63) is 28.2 Å². The predicted molar refractivity (Wildman–Crippen MR) is 56.2 cm³/mol. The minimum absolute atomic E-state index is 0.0155. The van der Waals surface area contributed by atoms with Gasteiger partial charge in [-0.15, -0.1) is 0 Å². The molecule has 14 heavy (non-hydrogen) atoms. The number of rotatable bonds is 5. The average molecular weight is 195 g/mol. The zero-order chi connectivity index (χ0) is 10.4. The van der Waals surface area contributed by atoms with Crippen molar-refractivity contribution >= 4 is 0 Å². The smallest absolute Gasteiger partial charge is 0.266 e. The molecule has 1 aromatic heterocycles. The highest BCUT2D eigenvalue weighted by atomic mass is 16.1. The Labute approximate surface area is 84.0 Å². The largest absolute Gasteiger partial charge is 0.314 e. The number of nitrogens with one attached hydrogen (secondary N) is 1. The van der Waals surface area contributed by atoms with Crippen LogP contribution in [0.1, 0.15) is 25.5 Å². The second-order valence-electron chi connectivity index (χ2n) is 3.27. The van der Waals surface area contributed by atoms with Crippen molar-refractivity contribution in [2.24, 2.45) is 0 Å². The third-order valence-electron chi connectivity index (χ3n) is 2.00. The summed E-state index contributed by atoms with van der Waals surface area (Å²) in [4.78, 5) is 11.4. The van der Waals surface area contributed by atoms with E-state index >= 15 is 0 Å². The van der Waals surface area contributed by atoms with Crippen LogP contribution < -0.4 is 10.9 Å². The van der Waals surface area contributed by atoms with Gasteiger partial charge in [-0.05, 0) is 19.5 Å². The summed E-state index contributed by atoms with van der Waals surface area (Å²) in [5.74, 6) is 0. The van der Waals surface area contributed by atoms with Crippen LogP contribution in [0.3, 0.4) is 0 Å². The number of aryl methyl sites for hydroxylation is 1. The molecular weight excluding hydrogens is 178 g/mol. The van der Waals surface area contributed by atoms with Crippen molar-refractivity contribution < 1.29 is 0 Å². The van der Waals surface area contributed by atoms with E-state index in [1.165, 1.54) is 4.68 Å². The highest BCUT2D eigenvalue weighted by Gasteiger charge is 1.98. The number of hydrogen-bond donors (Lipinski definition) is 1. The van der Waals surface area contributed by atoms with E-state index < -0.39 is 0 Å². The van der Waals surface area contributed by atoms with Gasteiger partial charge in [-0.25, -0.2) is 4.68 Å². The van der Waals surface area contributed by atoms with Crippen molar-refractivity contribution in [3.8, 4) is 0 Å².